The Morgan fingerprint density at radius 2 is 1.38 bits per heavy atom. The minimum absolute atomic E-state index is 0.543. The van der Waals surface area contributed by atoms with Crippen molar-refractivity contribution in [2.45, 2.75) is 15.0 Å². The number of carbonyl (C=O) groups is 1. The fraction of sp³-hybridized carbons (Fsp3) is 0.133. The van der Waals surface area contributed by atoms with Crippen LogP contribution in [0.1, 0.15) is 0 Å². The molecule has 0 aliphatic heterocycles. The van der Waals surface area contributed by atoms with E-state index in [2.05, 4.69) is 53.3 Å². The van der Waals surface area contributed by atoms with E-state index in [1.54, 1.807) is 0 Å². The molecule has 2 aromatic carbocycles. The second-order valence-corrected chi connectivity index (χ2v) is 6.92. The highest BCUT2D eigenvalue weighted by Gasteiger charge is 2.47. The molecule has 9 heteroatoms. The molecule has 0 radical (unpaired) electrons. The minimum atomic E-state index is -5.97. The molecule has 0 bridgehead atoms. The zero-order valence-electron chi connectivity index (χ0n) is 12.4. The normalized spacial score (nSPS) is 11.2. The van der Waals surface area contributed by atoms with Crippen LogP contribution in [0, 0.1) is 0 Å². The highest BCUT2D eigenvalue weighted by Crippen LogP contribution is 2.21. The van der Waals surface area contributed by atoms with Crippen molar-refractivity contribution in [2.24, 2.45) is 0 Å². The smallest absolute Gasteiger partial charge is 0.428 e. The van der Waals surface area contributed by atoms with Crippen molar-refractivity contribution >= 4 is 27.8 Å². The first-order valence-corrected chi connectivity index (χ1v) is 8.72. The molecule has 5 nitrogen and oxygen atoms in total. The van der Waals surface area contributed by atoms with Crippen molar-refractivity contribution in [2.75, 3.05) is 7.11 Å². The van der Waals surface area contributed by atoms with Gasteiger partial charge in [0.2, 0.25) is 0 Å². The summed E-state index contributed by atoms with van der Waals surface area (Å²) in [5.74, 6) is -2.38. The Hall–Kier alpha value is -1.97. The highest BCUT2D eigenvalue weighted by atomic mass is 32.2. The third-order valence-electron chi connectivity index (χ3n) is 2.51. The number of benzene rings is 2. The Bertz CT molecular complexity index is 712. The molecule has 0 aliphatic rings. The second-order valence-electron chi connectivity index (χ2n) is 4.25. The zero-order valence-corrected chi connectivity index (χ0v) is 14.1. The van der Waals surface area contributed by atoms with Gasteiger partial charge in [-0.15, -0.1) is 0 Å². The van der Waals surface area contributed by atoms with Crippen LogP contribution in [0.3, 0.4) is 0 Å². The van der Waals surface area contributed by atoms with Crippen molar-refractivity contribution < 1.29 is 31.3 Å². The summed E-state index contributed by atoms with van der Waals surface area (Å²) < 4.78 is 56.2. The number of hydrogen-bond acceptors (Lipinski definition) is 5. The molecule has 0 spiro atoms. The summed E-state index contributed by atoms with van der Waals surface area (Å²) in [6.45, 7) is 0. The second kappa shape index (κ2) is 8.76. The number of methoxy groups -OCH3 is 1. The van der Waals surface area contributed by atoms with Crippen molar-refractivity contribution in [3.05, 3.63) is 60.7 Å². The molecule has 0 heterocycles. The molecule has 24 heavy (non-hydrogen) atoms. The Labute approximate surface area is 142 Å². The van der Waals surface area contributed by atoms with Crippen LogP contribution in [0.5, 0.6) is 0 Å². The molecule has 0 unspecified atom stereocenters. The maximum absolute atomic E-state index is 11.9. The van der Waals surface area contributed by atoms with Gasteiger partial charge in [0.25, 0.3) is 0 Å². The summed E-state index contributed by atoms with van der Waals surface area (Å²) in [4.78, 5) is 12.6. The highest BCUT2D eigenvalue weighted by molar-refractivity contribution is 7.87. The Balaban J connectivity index is 0.000000245. The predicted octanol–water partition coefficient (Wildman–Crippen LogP) is 2.22. The van der Waals surface area contributed by atoms with E-state index in [0.717, 1.165) is 0 Å². The third-order valence-corrected chi connectivity index (χ3v) is 4.41. The molecule has 0 fully saturated rings. The van der Waals surface area contributed by atoms with Crippen molar-refractivity contribution in [3.8, 4) is 0 Å². The molecule has 2 rings (SSSR count). The summed E-state index contributed by atoms with van der Waals surface area (Å²) in [7, 11) is -5.43. The number of alkyl halides is 2. The van der Waals surface area contributed by atoms with Crippen molar-refractivity contribution in [1.82, 2.24) is 0 Å². The van der Waals surface area contributed by atoms with Gasteiger partial charge in [-0.2, -0.15) is 8.78 Å². The summed E-state index contributed by atoms with van der Waals surface area (Å²) >= 11 is 1.28. The van der Waals surface area contributed by atoms with E-state index in [-0.39, 0.29) is 0 Å². The summed E-state index contributed by atoms with van der Waals surface area (Å²) in [6.07, 6.45) is 0. The number of carbonyl (C=O) groups excluding carboxylic acids is 1. The van der Waals surface area contributed by atoms with Gasteiger partial charge < -0.3 is 9.29 Å². The predicted molar refractivity (Wildman–Crippen MR) is 84.8 cm³/mol. The monoisotopic (exact) mass is 376 g/mol. The molecule has 0 atom stereocenters. The number of hydrogen-bond donors (Lipinski definition) is 0. The fourth-order valence-electron chi connectivity index (χ4n) is 1.38. The van der Waals surface area contributed by atoms with Gasteiger partial charge >= 0.3 is 11.2 Å². The summed E-state index contributed by atoms with van der Waals surface area (Å²) in [5.41, 5.74) is 0. The van der Waals surface area contributed by atoms with Gasteiger partial charge in [-0.05, 0) is 24.3 Å². The molecule has 0 saturated carbocycles. The van der Waals surface area contributed by atoms with Crippen molar-refractivity contribution in [3.63, 3.8) is 0 Å². The lowest BCUT2D eigenvalue weighted by Gasteiger charge is -2.16. The SMILES string of the molecule is COC(=O)C(F)(F)S(=O)(=O)[O-].c1ccc([SH+]c2ccccc2)cc1. The molecule has 0 amide bonds. The largest absolute Gasteiger partial charge is 0.743 e. The van der Waals surface area contributed by atoms with Crippen LogP contribution in [0.15, 0.2) is 70.5 Å². The van der Waals surface area contributed by atoms with Gasteiger partial charge in [0.1, 0.15) is 0 Å². The van der Waals surface area contributed by atoms with Crippen LogP contribution in [0.4, 0.5) is 8.78 Å². The van der Waals surface area contributed by atoms with E-state index < -0.39 is 21.3 Å². The lowest BCUT2D eigenvalue weighted by atomic mass is 10.4. The fourth-order valence-corrected chi connectivity index (χ4v) is 2.60. The average molecular weight is 376 g/mol. The standard InChI is InChI=1S/C12H10S.C3H4F2O5S/c1-3-7-11(8-4-1)13-12-9-5-2-6-10-12;1-10-2(6)3(4,5)11(7,8)9/h1-10H;1H3,(H,7,8,9). The van der Waals surface area contributed by atoms with E-state index in [1.165, 1.54) is 21.6 Å². The number of thiol groups is 1. The average Bonchev–Trinajstić information content (AvgIpc) is 2.55. The van der Waals surface area contributed by atoms with Crippen molar-refractivity contribution in [1.29, 1.82) is 0 Å². The Kier molecular flexibility index (Phi) is 7.33. The maximum atomic E-state index is 11.9. The number of esters is 1. The van der Waals surface area contributed by atoms with Gasteiger partial charge in [0, 0.05) is 11.8 Å². The van der Waals surface area contributed by atoms with Gasteiger partial charge in [0.15, 0.2) is 19.9 Å². The van der Waals surface area contributed by atoms with E-state index >= 15 is 0 Å². The summed E-state index contributed by atoms with van der Waals surface area (Å²) in [6, 6.07) is 21.0. The lowest BCUT2D eigenvalue weighted by molar-refractivity contribution is -0.158. The molecule has 130 valence electrons. The molecule has 0 aliphatic carbocycles. The molecule has 0 N–H and O–H groups in total. The van der Waals surface area contributed by atoms with Gasteiger partial charge in [-0.3, -0.25) is 0 Å². The van der Waals surface area contributed by atoms with E-state index in [4.69, 9.17) is 0 Å². The van der Waals surface area contributed by atoms with Gasteiger partial charge in [0.05, 0.1) is 7.11 Å². The van der Waals surface area contributed by atoms with Gasteiger partial charge in [-0.25, -0.2) is 13.2 Å². The van der Waals surface area contributed by atoms with E-state index in [0.29, 0.717) is 7.11 Å². The van der Waals surface area contributed by atoms with Crippen LogP contribution in [-0.4, -0.2) is 31.3 Å². The topological polar surface area (TPSA) is 83.5 Å². The third kappa shape index (κ3) is 5.91. The first kappa shape index (κ1) is 20.1. The first-order chi connectivity index (χ1) is 11.2. The molecule has 2 aromatic rings. The van der Waals surface area contributed by atoms with Crippen LogP contribution in [-0.2, 0) is 31.4 Å². The molecule has 0 aromatic heterocycles. The van der Waals surface area contributed by atoms with Crippen LogP contribution >= 0.6 is 0 Å². The number of ether oxygens (including phenoxy) is 1. The van der Waals surface area contributed by atoms with Crippen LogP contribution < -0.4 is 0 Å². The maximum Gasteiger partial charge on any atom is 0.428 e. The Morgan fingerprint density at radius 3 is 1.62 bits per heavy atom. The number of halogens is 2. The van der Waals surface area contributed by atoms with Gasteiger partial charge in [-0.1, -0.05) is 36.4 Å². The van der Waals surface area contributed by atoms with E-state index in [9.17, 15) is 26.5 Å². The lowest BCUT2D eigenvalue weighted by Crippen LogP contribution is -2.38. The minimum Gasteiger partial charge on any atom is -0.743 e. The van der Waals surface area contributed by atoms with E-state index in [1.807, 2.05) is 12.1 Å². The summed E-state index contributed by atoms with van der Waals surface area (Å²) in [5, 5.41) is -5.00. The molecular weight excluding hydrogens is 362 g/mol. The Morgan fingerprint density at radius 1 is 1.00 bits per heavy atom. The number of rotatable bonds is 4. The van der Waals surface area contributed by atoms with Crippen LogP contribution in [0.25, 0.3) is 0 Å². The first-order valence-electron chi connectivity index (χ1n) is 6.42. The molecular formula is C15H14F2O5S2. The zero-order chi connectivity index (χ0) is 18.2. The van der Waals surface area contributed by atoms with Crippen LogP contribution in [0.2, 0.25) is 0 Å². The molecule has 0 saturated heterocycles. The quantitative estimate of drug-likeness (QED) is 0.354.